The van der Waals surface area contributed by atoms with Gasteiger partial charge in [0.15, 0.2) is 6.29 Å². The molecular formula is C6H10O2. The third-order valence-corrected chi connectivity index (χ3v) is 1.43. The Kier molecular flexibility index (Phi) is 1.65. The molecule has 0 aliphatic heterocycles. The molecule has 0 amide bonds. The molecule has 0 saturated carbocycles. The van der Waals surface area contributed by atoms with E-state index in [2.05, 4.69) is 0 Å². The summed E-state index contributed by atoms with van der Waals surface area (Å²) in [6.07, 6.45) is 4.56. The summed E-state index contributed by atoms with van der Waals surface area (Å²) in [5, 5.41) is 17.1. The quantitative estimate of drug-likeness (QED) is 0.379. The van der Waals surface area contributed by atoms with Gasteiger partial charge in [0, 0.05) is 5.92 Å². The van der Waals surface area contributed by atoms with Gasteiger partial charge < -0.3 is 10.2 Å². The number of hydrogen-bond acceptors (Lipinski definition) is 2. The van der Waals surface area contributed by atoms with Crippen LogP contribution in [0.1, 0.15) is 12.8 Å². The minimum absolute atomic E-state index is 0.00463. The Balaban J connectivity index is 2.36. The molecule has 0 saturated heterocycles. The van der Waals surface area contributed by atoms with Crippen LogP contribution in [0.5, 0.6) is 0 Å². The van der Waals surface area contributed by atoms with Gasteiger partial charge in [-0.15, -0.1) is 0 Å². The monoisotopic (exact) mass is 114 g/mol. The fourth-order valence-corrected chi connectivity index (χ4v) is 0.904. The molecular weight excluding hydrogens is 104 g/mol. The highest BCUT2D eigenvalue weighted by Crippen LogP contribution is 2.18. The average molecular weight is 114 g/mol. The van der Waals surface area contributed by atoms with Crippen molar-refractivity contribution in [2.24, 2.45) is 5.92 Å². The first kappa shape index (κ1) is 5.79. The predicted molar refractivity (Wildman–Crippen MR) is 30.1 cm³/mol. The third kappa shape index (κ3) is 1.08. The zero-order chi connectivity index (χ0) is 5.98. The lowest BCUT2D eigenvalue weighted by atomic mass is 10.1. The molecule has 0 spiro atoms. The first-order valence-corrected chi connectivity index (χ1v) is 2.83. The summed E-state index contributed by atoms with van der Waals surface area (Å²) in [5.74, 6) is -0.00463. The molecule has 0 aromatic carbocycles. The van der Waals surface area contributed by atoms with Gasteiger partial charge in [0.25, 0.3) is 0 Å². The van der Waals surface area contributed by atoms with Crippen molar-refractivity contribution in [2.45, 2.75) is 19.1 Å². The molecule has 1 aliphatic carbocycles. The molecule has 0 radical (unpaired) electrons. The van der Waals surface area contributed by atoms with E-state index in [4.69, 9.17) is 10.2 Å². The van der Waals surface area contributed by atoms with Crippen LogP contribution < -0.4 is 0 Å². The first-order chi connectivity index (χ1) is 3.80. The van der Waals surface area contributed by atoms with Crippen molar-refractivity contribution in [3.05, 3.63) is 12.2 Å². The van der Waals surface area contributed by atoms with Gasteiger partial charge in [-0.05, 0) is 12.8 Å². The summed E-state index contributed by atoms with van der Waals surface area (Å²) in [6.45, 7) is 0. The summed E-state index contributed by atoms with van der Waals surface area (Å²) in [5.41, 5.74) is 0. The van der Waals surface area contributed by atoms with Crippen LogP contribution in [-0.2, 0) is 0 Å². The summed E-state index contributed by atoms with van der Waals surface area (Å²) in [7, 11) is 0. The molecule has 1 aliphatic rings. The van der Waals surface area contributed by atoms with E-state index in [0.717, 1.165) is 12.8 Å². The number of aliphatic hydroxyl groups is 2. The van der Waals surface area contributed by atoms with Gasteiger partial charge in [-0.3, -0.25) is 0 Å². The lowest BCUT2D eigenvalue weighted by Gasteiger charge is -2.07. The molecule has 2 heteroatoms. The number of aliphatic hydroxyl groups excluding tert-OH is 1. The number of allylic oxidation sites excluding steroid dienone is 1. The van der Waals surface area contributed by atoms with Crippen molar-refractivity contribution in [3.8, 4) is 0 Å². The van der Waals surface area contributed by atoms with E-state index in [1.165, 1.54) is 0 Å². The zero-order valence-electron chi connectivity index (χ0n) is 4.62. The Morgan fingerprint density at radius 2 is 2.25 bits per heavy atom. The molecule has 0 aromatic heterocycles. The van der Waals surface area contributed by atoms with E-state index in [9.17, 15) is 0 Å². The van der Waals surface area contributed by atoms with E-state index in [1.807, 2.05) is 12.2 Å². The highest BCUT2D eigenvalue weighted by Gasteiger charge is 2.15. The van der Waals surface area contributed by atoms with Crippen LogP contribution in [0.4, 0.5) is 0 Å². The topological polar surface area (TPSA) is 40.5 Å². The minimum Gasteiger partial charge on any atom is -0.368 e. The highest BCUT2D eigenvalue weighted by atomic mass is 16.5. The van der Waals surface area contributed by atoms with Crippen LogP contribution in [0, 0.1) is 5.92 Å². The van der Waals surface area contributed by atoms with Gasteiger partial charge in [-0.2, -0.15) is 0 Å². The van der Waals surface area contributed by atoms with Crippen LogP contribution >= 0.6 is 0 Å². The Labute approximate surface area is 48.5 Å². The molecule has 0 fully saturated rings. The van der Waals surface area contributed by atoms with Crippen molar-refractivity contribution in [1.82, 2.24) is 0 Å². The summed E-state index contributed by atoms with van der Waals surface area (Å²) >= 11 is 0. The SMILES string of the molecule is OC(O)[C@@H]1C=CCC1. The second-order valence-corrected chi connectivity index (χ2v) is 2.08. The zero-order valence-corrected chi connectivity index (χ0v) is 4.62. The van der Waals surface area contributed by atoms with E-state index >= 15 is 0 Å². The molecule has 0 aromatic rings. The fourth-order valence-electron chi connectivity index (χ4n) is 0.904. The van der Waals surface area contributed by atoms with E-state index in [0.29, 0.717) is 0 Å². The average Bonchev–Trinajstić information content (AvgIpc) is 2.12. The molecule has 0 heterocycles. The normalized spacial score (nSPS) is 27.6. The number of hydrogen-bond donors (Lipinski definition) is 2. The molecule has 1 atom stereocenters. The Hall–Kier alpha value is -0.340. The molecule has 8 heavy (non-hydrogen) atoms. The van der Waals surface area contributed by atoms with E-state index in [1.54, 1.807) is 0 Å². The van der Waals surface area contributed by atoms with Gasteiger partial charge in [0.2, 0.25) is 0 Å². The summed E-state index contributed by atoms with van der Waals surface area (Å²) < 4.78 is 0. The smallest absolute Gasteiger partial charge is 0.157 e. The van der Waals surface area contributed by atoms with Crippen molar-refractivity contribution >= 4 is 0 Å². The Morgan fingerprint density at radius 1 is 1.50 bits per heavy atom. The first-order valence-electron chi connectivity index (χ1n) is 2.83. The largest absolute Gasteiger partial charge is 0.368 e. The lowest BCUT2D eigenvalue weighted by molar-refractivity contribution is -0.0696. The van der Waals surface area contributed by atoms with Crippen LogP contribution in [0.2, 0.25) is 0 Å². The molecule has 1 rings (SSSR count). The predicted octanol–water partition coefficient (Wildman–Crippen LogP) is 0.263. The van der Waals surface area contributed by atoms with Crippen molar-refractivity contribution in [2.75, 3.05) is 0 Å². The maximum atomic E-state index is 8.56. The minimum atomic E-state index is -1.14. The van der Waals surface area contributed by atoms with Crippen molar-refractivity contribution in [3.63, 3.8) is 0 Å². The van der Waals surface area contributed by atoms with Gasteiger partial charge in [0.05, 0.1) is 0 Å². The third-order valence-electron chi connectivity index (χ3n) is 1.43. The van der Waals surface area contributed by atoms with Crippen LogP contribution in [0.25, 0.3) is 0 Å². The van der Waals surface area contributed by atoms with Gasteiger partial charge in [0.1, 0.15) is 0 Å². The van der Waals surface area contributed by atoms with Crippen LogP contribution in [0.3, 0.4) is 0 Å². The summed E-state index contributed by atoms with van der Waals surface area (Å²) in [4.78, 5) is 0. The van der Waals surface area contributed by atoms with Gasteiger partial charge in [-0.25, -0.2) is 0 Å². The lowest BCUT2D eigenvalue weighted by Crippen LogP contribution is -2.14. The second kappa shape index (κ2) is 2.29. The van der Waals surface area contributed by atoms with Gasteiger partial charge in [-0.1, -0.05) is 12.2 Å². The van der Waals surface area contributed by atoms with Crippen molar-refractivity contribution in [1.29, 1.82) is 0 Å². The van der Waals surface area contributed by atoms with Crippen molar-refractivity contribution < 1.29 is 10.2 Å². The molecule has 0 unspecified atom stereocenters. The maximum Gasteiger partial charge on any atom is 0.157 e. The van der Waals surface area contributed by atoms with E-state index in [-0.39, 0.29) is 5.92 Å². The maximum absolute atomic E-state index is 8.56. The Morgan fingerprint density at radius 3 is 2.50 bits per heavy atom. The number of rotatable bonds is 1. The highest BCUT2D eigenvalue weighted by molar-refractivity contribution is 4.96. The summed E-state index contributed by atoms with van der Waals surface area (Å²) in [6, 6.07) is 0. The van der Waals surface area contributed by atoms with E-state index < -0.39 is 6.29 Å². The molecule has 2 N–H and O–H groups in total. The van der Waals surface area contributed by atoms with Crippen LogP contribution in [0.15, 0.2) is 12.2 Å². The van der Waals surface area contributed by atoms with Gasteiger partial charge >= 0.3 is 0 Å². The fraction of sp³-hybridized carbons (Fsp3) is 0.667. The second-order valence-electron chi connectivity index (χ2n) is 2.08. The van der Waals surface area contributed by atoms with Crippen LogP contribution in [-0.4, -0.2) is 16.5 Å². The molecule has 46 valence electrons. The Bertz CT molecular complexity index is 96.7. The molecule has 2 nitrogen and oxygen atoms in total. The molecule has 0 bridgehead atoms. The standard InChI is InChI=1S/C6H10O2/c7-6(8)5-3-1-2-4-5/h1,3,5-8H,2,4H2/t5-/m1/s1.